The summed E-state index contributed by atoms with van der Waals surface area (Å²) in [4.78, 5) is 41.8. The van der Waals surface area contributed by atoms with Crippen LogP contribution in [-0.2, 0) is 32.6 Å². The Kier molecular flexibility index (Phi) is 9.04. The highest BCUT2D eigenvalue weighted by Crippen LogP contribution is 2.30. The number of rotatable bonds is 11. The number of aryl methyl sites for hydroxylation is 1. The molecule has 1 heterocycles. The lowest BCUT2D eigenvalue weighted by atomic mass is 10.0. The molecule has 1 atom stereocenters. The molecule has 9 heteroatoms. The second-order valence-electron chi connectivity index (χ2n) is 10.5. The summed E-state index contributed by atoms with van der Waals surface area (Å²) in [5, 5.41) is 2.97. The van der Waals surface area contributed by atoms with Gasteiger partial charge in [-0.15, -0.1) is 0 Å². The molecule has 3 aromatic rings. The molecule has 0 aromatic heterocycles. The summed E-state index contributed by atoms with van der Waals surface area (Å²) < 4.78 is 26.9. The first-order valence-electron chi connectivity index (χ1n) is 13.4. The maximum atomic E-state index is 13.9. The third kappa shape index (κ3) is 6.59. The highest BCUT2D eigenvalue weighted by atomic mass is 32.2. The lowest BCUT2D eigenvalue weighted by molar-refractivity contribution is -0.141. The highest BCUT2D eigenvalue weighted by Gasteiger charge is 2.41. The lowest BCUT2D eigenvalue weighted by Crippen LogP contribution is -2.51. The monoisotopic (exact) mass is 561 g/mol. The third-order valence-electron chi connectivity index (χ3n) is 6.83. The number of amides is 3. The van der Waals surface area contributed by atoms with Gasteiger partial charge in [-0.3, -0.25) is 14.4 Å². The minimum atomic E-state index is -4.05. The molecular weight excluding hydrogens is 526 g/mol. The molecule has 3 aromatic carbocycles. The van der Waals surface area contributed by atoms with Gasteiger partial charge < -0.3 is 10.2 Å². The van der Waals surface area contributed by atoms with Gasteiger partial charge in [0.15, 0.2) is 0 Å². The van der Waals surface area contributed by atoms with E-state index in [0.717, 1.165) is 21.0 Å². The van der Waals surface area contributed by atoms with Crippen molar-refractivity contribution in [3.8, 4) is 0 Å². The highest BCUT2D eigenvalue weighted by molar-refractivity contribution is 7.90. The first-order chi connectivity index (χ1) is 19.1. The van der Waals surface area contributed by atoms with Crippen LogP contribution < -0.4 is 5.32 Å². The minimum Gasteiger partial charge on any atom is -0.354 e. The number of hydrogen-bond donors (Lipinski definition) is 1. The fraction of sp³-hybridized carbons (Fsp3) is 0.323. The van der Waals surface area contributed by atoms with Gasteiger partial charge in [-0.2, -0.15) is 0 Å². The topological polar surface area (TPSA) is 104 Å². The quantitative estimate of drug-likeness (QED) is 0.382. The smallest absolute Gasteiger partial charge is 0.269 e. The normalized spacial score (nSPS) is 14.6. The molecule has 0 aliphatic carbocycles. The number of hydrogen-bond acceptors (Lipinski definition) is 5. The van der Waals surface area contributed by atoms with Crippen LogP contribution in [-0.4, -0.2) is 54.5 Å². The summed E-state index contributed by atoms with van der Waals surface area (Å²) in [5.74, 6) is -1.13. The summed E-state index contributed by atoms with van der Waals surface area (Å²) in [6.07, 6.45) is 0.0300. The molecule has 210 valence electrons. The molecule has 1 unspecified atom stereocenters. The van der Waals surface area contributed by atoms with Gasteiger partial charge in [-0.25, -0.2) is 12.7 Å². The van der Waals surface area contributed by atoms with Crippen molar-refractivity contribution in [1.82, 2.24) is 14.5 Å². The maximum absolute atomic E-state index is 13.9. The summed E-state index contributed by atoms with van der Waals surface area (Å²) >= 11 is 0. The minimum absolute atomic E-state index is 0.0564. The van der Waals surface area contributed by atoms with E-state index < -0.39 is 27.9 Å². The molecule has 3 amide bonds. The molecule has 1 N–H and O–H groups in total. The standard InChI is InChI=1S/C31H35N3O5S/c1-22(2)20-32-30(36)27(19-24-11-5-4-6-12-24)33(21-25-13-9-10-23(3)18-25)29(35)16-17-34-31(37)26-14-7-8-15-28(26)40(34,38)39/h4-15,18,22,27H,16-17,19-21H2,1-3H3,(H,32,36). The van der Waals surface area contributed by atoms with E-state index in [2.05, 4.69) is 5.32 Å². The molecule has 1 aliphatic rings. The number of fused-ring (bicyclic) bond motifs is 1. The summed E-state index contributed by atoms with van der Waals surface area (Å²) in [5.41, 5.74) is 2.85. The number of nitrogens with zero attached hydrogens (tertiary/aromatic N) is 2. The van der Waals surface area contributed by atoms with Crippen LogP contribution in [0.1, 0.15) is 47.3 Å². The fourth-order valence-corrected chi connectivity index (χ4v) is 6.35. The van der Waals surface area contributed by atoms with E-state index in [1.807, 2.05) is 75.4 Å². The van der Waals surface area contributed by atoms with E-state index in [1.54, 1.807) is 12.1 Å². The average Bonchev–Trinajstić information content (AvgIpc) is 3.13. The molecule has 0 radical (unpaired) electrons. The zero-order chi connectivity index (χ0) is 28.9. The Morgan fingerprint density at radius 1 is 0.925 bits per heavy atom. The van der Waals surface area contributed by atoms with E-state index in [1.165, 1.54) is 17.0 Å². The van der Waals surface area contributed by atoms with Gasteiger partial charge in [0.25, 0.3) is 15.9 Å². The van der Waals surface area contributed by atoms with Crippen LogP contribution in [0.2, 0.25) is 0 Å². The predicted molar refractivity (Wildman–Crippen MR) is 153 cm³/mol. The number of benzene rings is 3. The van der Waals surface area contributed by atoms with Gasteiger partial charge in [0.1, 0.15) is 10.9 Å². The summed E-state index contributed by atoms with van der Waals surface area (Å²) in [6.45, 7) is 6.24. The van der Waals surface area contributed by atoms with Crippen LogP contribution in [0.5, 0.6) is 0 Å². The van der Waals surface area contributed by atoms with E-state index in [9.17, 15) is 22.8 Å². The maximum Gasteiger partial charge on any atom is 0.269 e. The van der Waals surface area contributed by atoms with Gasteiger partial charge in [-0.1, -0.05) is 86.1 Å². The molecule has 0 fully saturated rings. The van der Waals surface area contributed by atoms with Crippen molar-refractivity contribution < 1.29 is 22.8 Å². The molecule has 0 saturated carbocycles. The van der Waals surface area contributed by atoms with Crippen molar-refractivity contribution in [1.29, 1.82) is 0 Å². The van der Waals surface area contributed by atoms with E-state index >= 15 is 0 Å². The van der Waals surface area contributed by atoms with E-state index in [0.29, 0.717) is 6.54 Å². The van der Waals surface area contributed by atoms with Gasteiger partial charge in [0.2, 0.25) is 11.8 Å². The molecule has 1 aliphatic heterocycles. The van der Waals surface area contributed by atoms with Crippen LogP contribution in [0.4, 0.5) is 0 Å². The molecule has 0 bridgehead atoms. The van der Waals surface area contributed by atoms with Gasteiger partial charge in [0, 0.05) is 32.5 Å². The van der Waals surface area contributed by atoms with E-state index in [-0.39, 0.29) is 48.2 Å². The number of carbonyl (C=O) groups excluding carboxylic acids is 3. The Balaban J connectivity index is 1.63. The molecule has 4 rings (SSSR count). The van der Waals surface area contributed by atoms with Gasteiger partial charge in [-0.05, 0) is 36.1 Å². The molecule has 0 spiro atoms. The van der Waals surface area contributed by atoms with E-state index in [4.69, 9.17) is 0 Å². The van der Waals surface area contributed by atoms with Crippen molar-refractivity contribution in [2.24, 2.45) is 5.92 Å². The summed E-state index contributed by atoms with van der Waals surface area (Å²) in [6, 6.07) is 22.4. The van der Waals surface area contributed by atoms with Crippen LogP contribution in [0.15, 0.2) is 83.8 Å². The predicted octanol–water partition coefficient (Wildman–Crippen LogP) is 3.94. The molecule has 40 heavy (non-hydrogen) atoms. The van der Waals surface area contributed by atoms with Gasteiger partial charge in [0.05, 0.1) is 5.56 Å². The van der Waals surface area contributed by atoms with Crippen molar-refractivity contribution in [3.63, 3.8) is 0 Å². The average molecular weight is 562 g/mol. The largest absolute Gasteiger partial charge is 0.354 e. The number of carbonyl (C=O) groups is 3. The van der Waals surface area contributed by atoms with Crippen LogP contribution in [0.3, 0.4) is 0 Å². The zero-order valence-corrected chi connectivity index (χ0v) is 23.9. The number of nitrogens with one attached hydrogen (secondary N) is 1. The molecule has 0 saturated heterocycles. The fourth-order valence-electron chi connectivity index (χ4n) is 4.78. The Morgan fingerprint density at radius 3 is 2.27 bits per heavy atom. The zero-order valence-electron chi connectivity index (χ0n) is 23.0. The summed E-state index contributed by atoms with van der Waals surface area (Å²) in [7, 11) is -4.05. The van der Waals surface area contributed by atoms with Crippen molar-refractivity contribution in [3.05, 3.63) is 101 Å². The second-order valence-corrected chi connectivity index (χ2v) is 12.3. The molecule has 8 nitrogen and oxygen atoms in total. The Morgan fingerprint density at radius 2 is 1.60 bits per heavy atom. The first kappa shape index (κ1) is 29.0. The Bertz CT molecular complexity index is 1490. The lowest BCUT2D eigenvalue weighted by Gasteiger charge is -2.32. The SMILES string of the molecule is Cc1cccc(CN(C(=O)CCN2C(=O)c3ccccc3S2(=O)=O)C(Cc2ccccc2)C(=O)NCC(C)C)c1. The Hall–Kier alpha value is -3.98. The van der Waals surface area contributed by atoms with Crippen molar-refractivity contribution >= 4 is 27.7 Å². The van der Waals surface area contributed by atoms with Crippen LogP contribution in [0.25, 0.3) is 0 Å². The van der Waals surface area contributed by atoms with Crippen molar-refractivity contribution in [2.75, 3.05) is 13.1 Å². The van der Waals surface area contributed by atoms with Crippen LogP contribution in [0, 0.1) is 12.8 Å². The Labute approximate surface area is 236 Å². The third-order valence-corrected chi connectivity index (χ3v) is 8.67. The van der Waals surface area contributed by atoms with Gasteiger partial charge >= 0.3 is 0 Å². The first-order valence-corrected chi connectivity index (χ1v) is 14.8. The van der Waals surface area contributed by atoms with Crippen LogP contribution >= 0.6 is 0 Å². The van der Waals surface area contributed by atoms with Crippen molar-refractivity contribution in [2.45, 2.75) is 51.1 Å². The second kappa shape index (κ2) is 12.5. The number of sulfonamides is 1. The molecular formula is C31H35N3O5S.